The molecule has 1 amide bonds. The Labute approximate surface area is 114 Å². The van der Waals surface area contributed by atoms with E-state index in [1.165, 1.54) is 0 Å². The third-order valence-corrected chi connectivity index (χ3v) is 3.52. The van der Waals surface area contributed by atoms with Gasteiger partial charge in [-0.05, 0) is 38.4 Å². The van der Waals surface area contributed by atoms with E-state index in [-0.39, 0.29) is 11.9 Å². The predicted molar refractivity (Wildman–Crippen MR) is 73.6 cm³/mol. The number of likely N-dealkylation sites (N-methyl/N-ethyl adjacent to an activating group) is 1. The summed E-state index contributed by atoms with van der Waals surface area (Å²) < 4.78 is 5.48. The number of nitrogens with zero attached hydrogens (tertiary/aromatic N) is 2. The Morgan fingerprint density at radius 1 is 1.58 bits per heavy atom. The first-order chi connectivity index (χ1) is 9.04. The van der Waals surface area contributed by atoms with Crippen molar-refractivity contribution in [3.8, 4) is 0 Å². The first-order valence-electron chi connectivity index (χ1n) is 6.82. The molecule has 0 radical (unpaired) electrons. The molecule has 1 aliphatic rings. The number of carbonyl (C=O) groups is 1. The lowest BCUT2D eigenvalue weighted by molar-refractivity contribution is -0.132. The molecule has 0 bridgehead atoms. The van der Waals surface area contributed by atoms with Crippen molar-refractivity contribution < 1.29 is 9.21 Å². The van der Waals surface area contributed by atoms with Crippen LogP contribution < -0.4 is 5.73 Å². The topological polar surface area (TPSA) is 62.7 Å². The third-order valence-electron chi connectivity index (χ3n) is 3.52. The summed E-state index contributed by atoms with van der Waals surface area (Å²) in [5.74, 6) is 1.81. The zero-order valence-electron chi connectivity index (χ0n) is 11.8. The van der Waals surface area contributed by atoms with E-state index in [0.29, 0.717) is 13.1 Å². The molecular weight excluding hydrogens is 242 g/mol. The summed E-state index contributed by atoms with van der Waals surface area (Å²) in [7, 11) is 1.81. The largest absolute Gasteiger partial charge is 0.464 e. The van der Waals surface area contributed by atoms with E-state index in [0.717, 1.165) is 37.5 Å². The number of hydrogen-bond donors (Lipinski definition) is 1. The second-order valence-electron chi connectivity index (χ2n) is 5.40. The van der Waals surface area contributed by atoms with E-state index < -0.39 is 0 Å². The standard InChI is InChI=1S/C14H23N3O2/c1-11-5-6-13(19-11)9-16(2)14(18)10-17-7-3-4-12(15)8-17/h5-6,12H,3-4,7-10,15H2,1-2H3. The Morgan fingerprint density at radius 2 is 2.37 bits per heavy atom. The van der Waals surface area contributed by atoms with Crippen LogP contribution in [0.25, 0.3) is 0 Å². The van der Waals surface area contributed by atoms with Crippen LogP contribution in [0.2, 0.25) is 0 Å². The minimum atomic E-state index is 0.114. The molecule has 5 heteroatoms. The fourth-order valence-electron chi connectivity index (χ4n) is 2.44. The second-order valence-corrected chi connectivity index (χ2v) is 5.40. The highest BCUT2D eigenvalue weighted by Gasteiger charge is 2.20. The van der Waals surface area contributed by atoms with E-state index in [4.69, 9.17) is 10.2 Å². The van der Waals surface area contributed by atoms with Crippen molar-refractivity contribution in [1.82, 2.24) is 9.80 Å². The smallest absolute Gasteiger partial charge is 0.236 e. The van der Waals surface area contributed by atoms with Crippen LogP contribution in [0, 0.1) is 6.92 Å². The van der Waals surface area contributed by atoms with Crippen LogP contribution in [-0.2, 0) is 11.3 Å². The van der Waals surface area contributed by atoms with E-state index in [1.54, 1.807) is 4.90 Å². The highest BCUT2D eigenvalue weighted by molar-refractivity contribution is 5.77. The molecular formula is C14H23N3O2. The van der Waals surface area contributed by atoms with Crippen LogP contribution in [0.5, 0.6) is 0 Å². The van der Waals surface area contributed by atoms with Gasteiger partial charge < -0.3 is 15.1 Å². The molecule has 1 atom stereocenters. The molecule has 106 valence electrons. The van der Waals surface area contributed by atoms with Gasteiger partial charge >= 0.3 is 0 Å². The number of aryl methyl sites for hydroxylation is 1. The van der Waals surface area contributed by atoms with Crippen LogP contribution >= 0.6 is 0 Å². The van der Waals surface area contributed by atoms with Gasteiger partial charge in [0, 0.05) is 19.6 Å². The molecule has 2 N–H and O–H groups in total. The Balaban J connectivity index is 1.81. The number of amides is 1. The maximum Gasteiger partial charge on any atom is 0.236 e. The highest BCUT2D eigenvalue weighted by Crippen LogP contribution is 2.11. The van der Waals surface area contributed by atoms with E-state index in [2.05, 4.69) is 4.90 Å². The Bertz CT molecular complexity index is 430. The fraction of sp³-hybridized carbons (Fsp3) is 0.643. The van der Waals surface area contributed by atoms with Gasteiger partial charge in [0.05, 0.1) is 13.1 Å². The van der Waals surface area contributed by atoms with E-state index >= 15 is 0 Å². The predicted octanol–water partition coefficient (Wildman–Crippen LogP) is 0.970. The summed E-state index contributed by atoms with van der Waals surface area (Å²) in [6, 6.07) is 4.03. The molecule has 0 spiro atoms. The Hall–Kier alpha value is -1.33. The molecule has 0 aromatic carbocycles. The van der Waals surface area contributed by atoms with Crippen LogP contribution in [0.1, 0.15) is 24.4 Å². The van der Waals surface area contributed by atoms with Gasteiger partial charge in [0.1, 0.15) is 11.5 Å². The van der Waals surface area contributed by atoms with Crippen LogP contribution in [0.4, 0.5) is 0 Å². The van der Waals surface area contributed by atoms with Crippen molar-refractivity contribution in [2.75, 3.05) is 26.7 Å². The number of rotatable bonds is 4. The van der Waals surface area contributed by atoms with Crippen molar-refractivity contribution in [2.24, 2.45) is 5.73 Å². The zero-order chi connectivity index (χ0) is 13.8. The fourth-order valence-corrected chi connectivity index (χ4v) is 2.44. The molecule has 1 aliphatic heterocycles. The average Bonchev–Trinajstić information content (AvgIpc) is 2.74. The minimum absolute atomic E-state index is 0.114. The molecule has 19 heavy (non-hydrogen) atoms. The average molecular weight is 265 g/mol. The van der Waals surface area contributed by atoms with Crippen LogP contribution in [-0.4, -0.2) is 48.4 Å². The molecule has 1 saturated heterocycles. The van der Waals surface area contributed by atoms with Gasteiger partial charge in [-0.1, -0.05) is 0 Å². The van der Waals surface area contributed by atoms with Gasteiger partial charge in [0.15, 0.2) is 0 Å². The highest BCUT2D eigenvalue weighted by atomic mass is 16.3. The van der Waals surface area contributed by atoms with Crippen LogP contribution in [0.15, 0.2) is 16.5 Å². The summed E-state index contributed by atoms with van der Waals surface area (Å²) in [5, 5.41) is 0. The lowest BCUT2D eigenvalue weighted by Crippen LogP contribution is -2.47. The van der Waals surface area contributed by atoms with Crippen molar-refractivity contribution in [2.45, 2.75) is 32.4 Å². The molecule has 1 unspecified atom stereocenters. The van der Waals surface area contributed by atoms with Crippen molar-refractivity contribution in [1.29, 1.82) is 0 Å². The second kappa shape index (κ2) is 6.21. The Morgan fingerprint density at radius 3 is 3.00 bits per heavy atom. The molecule has 1 aromatic rings. The number of hydrogen-bond acceptors (Lipinski definition) is 4. The maximum absolute atomic E-state index is 12.1. The Kier molecular flexibility index (Phi) is 4.61. The van der Waals surface area contributed by atoms with Gasteiger partial charge in [0.2, 0.25) is 5.91 Å². The normalized spacial score (nSPS) is 20.5. The lowest BCUT2D eigenvalue weighted by Gasteiger charge is -2.31. The van der Waals surface area contributed by atoms with Gasteiger partial charge in [-0.2, -0.15) is 0 Å². The zero-order valence-corrected chi connectivity index (χ0v) is 11.8. The summed E-state index contributed by atoms with van der Waals surface area (Å²) in [6.07, 6.45) is 2.14. The first-order valence-corrected chi connectivity index (χ1v) is 6.82. The third kappa shape index (κ3) is 4.08. The SMILES string of the molecule is Cc1ccc(CN(C)C(=O)CN2CCCC(N)C2)o1. The summed E-state index contributed by atoms with van der Waals surface area (Å²) in [5.41, 5.74) is 5.92. The minimum Gasteiger partial charge on any atom is -0.464 e. The van der Waals surface area contributed by atoms with E-state index in [9.17, 15) is 4.79 Å². The van der Waals surface area contributed by atoms with Crippen molar-refractivity contribution in [3.05, 3.63) is 23.7 Å². The van der Waals surface area contributed by atoms with Gasteiger partial charge in [-0.3, -0.25) is 9.69 Å². The van der Waals surface area contributed by atoms with Gasteiger partial charge in [0.25, 0.3) is 0 Å². The molecule has 0 aliphatic carbocycles. The summed E-state index contributed by atoms with van der Waals surface area (Å²) >= 11 is 0. The van der Waals surface area contributed by atoms with Crippen molar-refractivity contribution in [3.63, 3.8) is 0 Å². The summed E-state index contributed by atoms with van der Waals surface area (Å²) in [6.45, 7) is 4.66. The molecule has 5 nitrogen and oxygen atoms in total. The molecule has 2 rings (SSSR count). The lowest BCUT2D eigenvalue weighted by atomic mass is 10.1. The number of piperidine rings is 1. The number of furan rings is 1. The number of carbonyl (C=O) groups excluding carboxylic acids is 1. The number of likely N-dealkylation sites (tertiary alicyclic amines) is 1. The monoisotopic (exact) mass is 265 g/mol. The van der Waals surface area contributed by atoms with E-state index in [1.807, 2.05) is 26.1 Å². The van der Waals surface area contributed by atoms with Gasteiger partial charge in [-0.25, -0.2) is 0 Å². The quantitative estimate of drug-likeness (QED) is 0.881. The maximum atomic E-state index is 12.1. The van der Waals surface area contributed by atoms with Crippen molar-refractivity contribution >= 4 is 5.91 Å². The number of nitrogens with two attached hydrogens (primary N) is 1. The molecule has 1 aromatic heterocycles. The summed E-state index contributed by atoms with van der Waals surface area (Å²) in [4.78, 5) is 16.0. The van der Waals surface area contributed by atoms with Gasteiger partial charge in [-0.15, -0.1) is 0 Å². The molecule has 2 heterocycles. The molecule has 0 saturated carbocycles. The first kappa shape index (κ1) is 14.1. The van der Waals surface area contributed by atoms with Crippen LogP contribution in [0.3, 0.4) is 0 Å². The molecule has 1 fully saturated rings.